The highest BCUT2D eigenvalue weighted by Crippen LogP contribution is 2.63. The first-order chi connectivity index (χ1) is 30.8. The molecular weight excluding hydrogens is 852 g/mol. The molecule has 10 rings (SSSR count). The van der Waals surface area contributed by atoms with E-state index >= 15 is 9.18 Å². The molecule has 13 heteroatoms. The minimum absolute atomic E-state index is 0.0739. The Morgan fingerprint density at radius 3 is 2.50 bits per heavy atom. The van der Waals surface area contributed by atoms with E-state index in [1.165, 1.54) is 6.07 Å². The molecule has 3 saturated carbocycles. The van der Waals surface area contributed by atoms with Gasteiger partial charge in [0.2, 0.25) is 17.7 Å². The fourth-order valence-electron chi connectivity index (χ4n) is 13.0. The number of fused-ring (bicyclic) bond motifs is 6. The summed E-state index contributed by atoms with van der Waals surface area (Å²) in [6.07, 6.45) is 10.8. The molecule has 1 unspecified atom stereocenters. The molecule has 4 aliphatic heterocycles. The Bertz CT molecular complexity index is 2590. The number of unbranched alkanes of at least 4 members (excludes halogenated alkanes) is 2. The van der Waals surface area contributed by atoms with Gasteiger partial charge in [-0.2, -0.15) is 0 Å². The zero-order valence-electron chi connectivity index (χ0n) is 35.8. The quantitative estimate of drug-likeness (QED) is 0.126. The highest BCUT2D eigenvalue weighted by molar-refractivity contribution is 6.31. The van der Waals surface area contributed by atoms with Gasteiger partial charge in [0.05, 0.1) is 11.1 Å². The van der Waals surface area contributed by atoms with E-state index in [2.05, 4.69) is 39.7 Å². The third kappa shape index (κ3) is 6.72. The van der Waals surface area contributed by atoms with Crippen LogP contribution in [-0.2, 0) is 31.1 Å². The zero-order valence-corrected chi connectivity index (χ0v) is 37.3. The molecule has 332 valence electrons. The minimum atomic E-state index is -1.32. The number of ketones is 1. The Hall–Kier alpha value is -5.02. The fourth-order valence-corrected chi connectivity index (χ4v) is 13.4. The van der Waals surface area contributed by atoms with Gasteiger partial charge in [0, 0.05) is 69.3 Å². The molecule has 2 bridgehead atoms. The van der Waals surface area contributed by atoms with Gasteiger partial charge in [-0.25, -0.2) is 4.39 Å². The van der Waals surface area contributed by atoms with Crippen LogP contribution < -0.4 is 21.3 Å². The van der Waals surface area contributed by atoms with E-state index in [9.17, 15) is 19.2 Å². The van der Waals surface area contributed by atoms with Crippen LogP contribution in [0.2, 0.25) is 10.0 Å². The maximum absolute atomic E-state index is 16.4. The number of nitrogens with zero attached hydrogens (tertiary/aromatic N) is 1. The van der Waals surface area contributed by atoms with Crippen molar-refractivity contribution in [3.8, 4) is 11.8 Å². The predicted molar refractivity (Wildman–Crippen MR) is 242 cm³/mol. The van der Waals surface area contributed by atoms with E-state index in [4.69, 9.17) is 23.2 Å². The molecule has 2 spiro atoms. The number of benzene rings is 3. The standard InChI is InChI=1S/C51H52Cl2FN5O5/c1-30-17-20-39(44(61)55-30)59-28-35-31(12-9-13-33(35)46(59)63)11-5-2-3-6-16-40(60)48-23-25-49(29-48,26-24-48)58-45(62)43-41(34-14-10-15-37(53)42(34)54)51(50(57-43)21-7-4-8-22-50)36-19-18-32(52)27-38(36)56-47(51)64/h9-10,12-15,18-19,27,39,41,43,57H,1-4,6-8,16-17,20-26,28-29H2,(H,55,61)(H,56,64)(H,58,62)/t39?,41-,43+,48?,49?,51+/m0/s1. The monoisotopic (exact) mass is 903 g/mol. The molecule has 4 N–H and O–H groups in total. The average molecular weight is 905 g/mol. The second-order valence-electron chi connectivity index (χ2n) is 19.4. The number of carbonyl (C=O) groups is 5. The summed E-state index contributed by atoms with van der Waals surface area (Å²) in [5.74, 6) is 4.24. The Morgan fingerprint density at radius 2 is 1.72 bits per heavy atom. The summed E-state index contributed by atoms with van der Waals surface area (Å²) in [4.78, 5) is 71.4. The molecule has 5 fully saturated rings. The van der Waals surface area contributed by atoms with Crippen LogP contribution in [0.5, 0.6) is 0 Å². The molecular formula is C51H52Cl2FN5O5. The summed E-state index contributed by atoms with van der Waals surface area (Å²) >= 11 is 12.9. The number of hydrogen-bond donors (Lipinski definition) is 4. The van der Waals surface area contributed by atoms with Gasteiger partial charge in [0.25, 0.3) is 5.91 Å². The summed E-state index contributed by atoms with van der Waals surface area (Å²) in [5, 5.41) is 13.4. The maximum atomic E-state index is 16.4. The topological polar surface area (TPSA) is 137 Å². The van der Waals surface area contributed by atoms with Gasteiger partial charge in [-0.3, -0.25) is 29.3 Å². The molecule has 3 aromatic carbocycles. The molecule has 10 nitrogen and oxygen atoms in total. The van der Waals surface area contributed by atoms with Crippen LogP contribution in [0.3, 0.4) is 0 Å². The molecule has 64 heavy (non-hydrogen) atoms. The van der Waals surface area contributed by atoms with Crippen LogP contribution in [0, 0.1) is 23.1 Å². The lowest BCUT2D eigenvalue weighted by Gasteiger charge is -2.47. The van der Waals surface area contributed by atoms with E-state index in [0.29, 0.717) is 111 Å². The summed E-state index contributed by atoms with van der Waals surface area (Å²) in [5.41, 5.74) is 1.11. The Labute approximate surface area is 382 Å². The van der Waals surface area contributed by atoms with Crippen molar-refractivity contribution in [3.05, 3.63) is 111 Å². The highest BCUT2D eigenvalue weighted by atomic mass is 35.5. The van der Waals surface area contributed by atoms with E-state index in [1.807, 2.05) is 18.2 Å². The third-order valence-electron chi connectivity index (χ3n) is 16.0. The first-order valence-corrected chi connectivity index (χ1v) is 23.6. The van der Waals surface area contributed by atoms with Crippen molar-refractivity contribution in [1.29, 1.82) is 0 Å². The summed E-state index contributed by atoms with van der Waals surface area (Å²) in [6.45, 7) is 4.19. The zero-order chi connectivity index (χ0) is 44.6. The van der Waals surface area contributed by atoms with Crippen LogP contribution in [0.15, 0.2) is 66.9 Å². The molecule has 0 aromatic heterocycles. The van der Waals surface area contributed by atoms with E-state index in [-0.39, 0.29) is 40.0 Å². The second-order valence-corrected chi connectivity index (χ2v) is 20.3. The van der Waals surface area contributed by atoms with Gasteiger partial charge >= 0.3 is 0 Å². The lowest BCUT2D eigenvalue weighted by Crippen LogP contribution is -2.60. The van der Waals surface area contributed by atoms with Crippen LogP contribution >= 0.6 is 23.2 Å². The Morgan fingerprint density at radius 1 is 0.938 bits per heavy atom. The van der Waals surface area contributed by atoms with Crippen molar-refractivity contribution in [3.63, 3.8) is 0 Å². The van der Waals surface area contributed by atoms with Gasteiger partial charge in [0.15, 0.2) is 0 Å². The number of Topliss-reactive ketones (excluding diaryl/α,β-unsaturated/α-hetero) is 1. The minimum Gasteiger partial charge on any atom is -0.349 e. The molecule has 3 aromatic rings. The van der Waals surface area contributed by atoms with E-state index in [0.717, 1.165) is 36.8 Å². The van der Waals surface area contributed by atoms with Gasteiger partial charge in [-0.15, -0.1) is 0 Å². The fraction of sp³-hybridized carbons (Fsp3) is 0.471. The summed E-state index contributed by atoms with van der Waals surface area (Å²) in [7, 11) is 0. The largest absolute Gasteiger partial charge is 0.349 e. The van der Waals surface area contributed by atoms with Crippen LogP contribution in [0.25, 0.3) is 0 Å². The SMILES string of the molecule is C=C1CCC(N2Cc3c(C#CCCCCC(=O)C45CCC(NC(=O)[C@@H]6NC7(CCCCC7)[C@@]7(C(=O)Nc8cc(Cl)ccc87)[C@H]6c6cccc(Cl)c6F)(CC4)C5)cccc3C2=O)C(=O)N1. The van der Waals surface area contributed by atoms with Gasteiger partial charge in [-0.05, 0) is 118 Å². The lowest BCUT2D eigenvalue weighted by atomic mass is 9.55. The smallest absolute Gasteiger partial charge is 0.255 e. The molecule has 4 heterocycles. The maximum Gasteiger partial charge on any atom is 0.255 e. The lowest BCUT2D eigenvalue weighted by molar-refractivity contribution is -0.129. The molecule has 4 atom stereocenters. The molecule has 3 aliphatic carbocycles. The average Bonchev–Trinajstić information content (AvgIpc) is 4.07. The summed E-state index contributed by atoms with van der Waals surface area (Å²) in [6, 6.07) is 14.2. The van der Waals surface area contributed by atoms with E-state index in [1.54, 1.807) is 35.2 Å². The summed E-state index contributed by atoms with van der Waals surface area (Å²) < 4.78 is 16.4. The Balaban J connectivity index is 0.817. The number of anilines is 1. The normalized spacial score (nSPS) is 29.7. The van der Waals surface area contributed by atoms with Crippen molar-refractivity contribution in [2.24, 2.45) is 5.41 Å². The molecule has 2 saturated heterocycles. The third-order valence-corrected chi connectivity index (χ3v) is 16.5. The number of halogens is 3. The number of rotatable bonds is 9. The number of nitrogens with one attached hydrogen (secondary N) is 4. The van der Waals surface area contributed by atoms with Gasteiger partial charge in [0.1, 0.15) is 23.1 Å². The van der Waals surface area contributed by atoms with Gasteiger partial charge < -0.3 is 20.9 Å². The number of hydrogen-bond acceptors (Lipinski definition) is 6. The molecule has 0 radical (unpaired) electrons. The van der Waals surface area contributed by atoms with Crippen molar-refractivity contribution >= 4 is 58.3 Å². The molecule has 4 amide bonds. The van der Waals surface area contributed by atoms with Crippen molar-refractivity contribution in [2.45, 2.75) is 144 Å². The van der Waals surface area contributed by atoms with E-state index < -0.39 is 45.7 Å². The number of piperidine rings is 1. The Kier molecular flexibility index (Phi) is 10.8. The van der Waals surface area contributed by atoms with Crippen molar-refractivity contribution < 1.29 is 28.4 Å². The van der Waals surface area contributed by atoms with Crippen LogP contribution in [-0.4, -0.2) is 57.5 Å². The van der Waals surface area contributed by atoms with Crippen molar-refractivity contribution in [2.75, 3.05) is 5.32 Å². The van der Waals surface area contributed by atoms with Crippen LogP contribution in [0.1, 0.15) is 141 Å². The number of amides is 4. The number of carbonyl (C=O) groups excluding carboxylic acids is 5. The predicted octanol–water partition coefficient (Wildman–Crippen LogP) is 8.53. The number of allylic oxidation sites excluding steroid dienone is 1. The van der Waals surface area contributed by atoms with Crippen LogP contribution in [0.4, 0.5) is 10.1 Å². The second kappa shape index (κ2) is 16.1. The molecule has 7 aliphatic rings. The van der Waals surface area contributed by atoms with Gasteiger partial charge in [-0.1, -0.05) is 85.1 Å². The highest BCUT2D eigenvalue weighted by Gasteiger charge is 2.73. The van der Waals surface area contributed by atoms with Crippen molar-refractivity contribution in [1.82, 2.24) is 20.9 Å². The first-order valence-electron chi connectivity index (χ1n) is 22.9. The first kappa shape index (κ1) is 42.9.